The summed E-state index contributed by atoms with van der Waals surface area (Å²) >= 11 is 0. The SMILES string of the molecule is CNc1cncc(Nc2cc(OC)ccc2F)c1. The quantitative estimate of drug-likeness (QED) is 0.871. The Balaban J connectivity index is 2.27. The number of halogens is 1. The summed E-state index contributed by atoms with van der Waals surface area (Å²) in [4.78, 5) is 4.05. The Hall–Kier alpha value is -2.30. The van der Waals surface area contributed by atoms with E-state index in [0.717, 1.165) is 5.69 Å². The Morgan fingerprint density at radius 1 is 1.17 bits per heavy atom. The van der Waals surface area contributed by atoms with Crippen LogP contribution in [-0.4, -0.2) is 19.1 Å². The lowest BCUT2D eigenvalue weighted by atomic mass is 10.2. The first-order valence-corrected chi connectivity index (χ1v) is 5.46. The number of anilines is 3. The minimum atomic E-state index is -0.342. The molecule has 0 saturated heterocycles. The lowest BCUT2D eigenvalue weighted by Crippen LogP contribution is -1.97. The van der Waals surface area contributed by atoms with E-state index in [9.17, 15) is 4.39 Å². The minimum Gasteiger partial charge on any atom is -0.497 e. The molecule has 2 N–H and O–H groups in total. The predicted molar refractivity (Wildman–Crippen MR) is 70.0 cm³/mol. The highest BCUT2D eigenvalue weighted by Crippen LogP contribution is 2.25. The van der Waals surface area contributed by atoms with Crippen molar-refractivity contribution in [1.29, 1.82) is 0 Å². The Morgan fingerprint density at radius 3 is 2.67 bits per heavy atom. The van der Waals surface area contributed by atoms with Crippen molar-refractivity contribution in [2.75, 3.05) is 24.8 Å². The molecular weight excluding hydrogens is 233 g/mol. The predicted octanol–water partition coefficient (Wildman–Crippen LogP) is 3.01. The number of pyridine rings is 1. The van der Waals surface area contributed by atoms with Gasteiger partial charge < -0.3 is 15.4 Å². The fourth-order valence-electron chi connectivity index (χ4n) is 1.53. The smallest absolute Gasteiger partial charge is 0.146 e. The van der Waals surface area contributed by atoms with E-state index in [1.807, 2.05) is 6.07 Å². The van der Waals surface area contributed by atoms with Crippen LogP contribution in [0.5, 0.6) is 5.75 Å². The summed E-state index contributed by atoms with van der Waals surface area (Å²) in [6.45, 7) is 0. The maximum atomic E-state index is 13.6. The summed E-state index contributed by atoms with van der Waals surface area (Å²) in [6, 6.07) is 6.37. The van der Waals surface area contributed by atoms with Crippen molar-refractivity contribution < 1.29 is 9.13 Å². The van der Waals surface area contributed by atoms with E-state index in [-0.39, 0.29) is 5.82 Å². The summed E-state index contributed by atoms with van der Waals surface area (Å²) in [7, 11) is 3.34. The third-order valence-corrected chi connectivity index (χ3v) is 2.48. The molecule has 18 heavy (non-hydrogen) atoms. The van der Waals surface area contributed by atoms with Crippen molar-refractivity contribution >= 4 is 17.1 Å². The molecule has 0 atom stereocenters. The molecule has 94 valence electrons. The molecule has 0 saturated carbocycles. The van der Waals surface area contributed by atoms with Gasteiger partial charge in [-0.3, -0.25) is 4.98 Å². The third-order valence-electron chi connectivity index (χ3n) is 2.48. The van der Waals surface area contributed by atoms with Crippen molar-refractivity contribution in [2.24, 2.45) is 0 Å². The number of methoxy groups -OCH3 is 1. The standard InChI is InChI=1S/C13H14FN3O/c1-15-9-5-10(8-16-7-9)17-13-6-11(18-2)3-4-12(13)14/h3-8,15,17H,1-2H3. The average molecular weight is 247 g/mol. The van der Waals surface area contributed by atoms with Crippen LogP contribution in [-0.2, 0) is 0 Å². The molecule has 0 aliphatic heterocycles. The van der Waals surface area contributed by atoms with E-state index >= 15 is 0 Å². The summed E-state index contributed by atoms with van der Waals surface area (Å²) in [5.74, 6) is 0.252. The minimum absolute atomic E-state index is 0.342. The zero-order chi connectivity index (χ0) is 13.0. The number of benzene rings is 1. The van der Waals surface area contributed by atoms with E-state index in [0.29, 0.717) is 17.1 Å². The summed E-state index contributed by atoms with van der Waals surface area (Å²) in [5, 5.41) is 5.93. The molecule has 2 aromatic rings. The molecule has 2 rings (SSSR count). The Morgan fingerprint density at radius 2 is 1.94 bits per heavy atom. The van der Waals surface area contributed by atoms with Crippen LogP contribution < -0.4 is 15.4 Å². The maximum absolute atomic E-state index is 13.6. The van der Waals surface area contributed by atoms with Gasteiger partial charge in [-0.15, -0.1) is 0 Å². The zero-order valence-electron chi connectivity index (χ0n) is 10.2. The van der Waals surface area contributed by atoms with Crippen LogP contribution in [0.3, 0.4) is 0 Å². The molecule has 0 spiro atoms. The number of aromatic nitrogens is 1. The van der Waals surface area contributed by atoms with Gasteiger partial charge in [0.1, 0.15) is 11.6 Å². The molecule has 0 bridgehead atoms. The fourth-order valence-corrected chi connectivity index (χ4v) is 1.53. The summed E-state index contributed by atoms with van der Waals surface area (Å²) < 4.78 is 18.7. The van der Waals surface area contributed by atoms with E-state index in [1.54, 1.807) is 38.7 Å². The van der Waals surface area contributed by atoms with Crippen LogP contribution in [0.4, 0.5) is 21.5 Å². The van der Waals surface area contributed by atoms with Crippen LogP contribution in [0.25, 0.3) is 0 Å². The number of ether oxygens (including phenoxy) is 1. The molecule has 4 nitrogen and oxygen atoms in total. The van der Waals surface area contributed by atoms with E-state index < -0.39 is 0 Å². The molecule has 1 heterocycles. The Bertz CT molecular complexity index is 546. The van der Waals surface area contributed by atoms with E-state index in [2.05, 4.69) is 15.6 Å². The van der Waals surface area contributed by atoms with Gasteiger partial charge in [-0.1, -0.05) is 0 Å². The van der Waals surface area contributed by atoms with Crippen molar-refractivity contribution in [3.63, 3.8) is 0 Å². The average Bonchev–Trinajstić information content (AvgIpc) is 2.41. The number of nitrogens with zero attached hydrogens (tertiary/aromatic N) is 1. The largest absolute Gasteiger partial charge is 0.497 e. The normalized spacial score (nSPS) is 9.94. The van der Waals surface area contributed by atoms with Gasteiger partial charge in [0.15, 0.2) is 0 Å². The highest BCUT2D eigenvalue weighted by atomic mass is 19.1. The maximum Gasteiger partial charge on any atom is 0.146 e. The van der Waals surface area contributed by atoms with Gasteiger partial charge >= 0.3 is 0 Å². The molecule has 0 aliphatic rings. The lowest BCUT2D eigenvalue weighted by Gasteiger charge is -2.10. The van der Waals surface area contributed by atoms with Gasteiger partial charge in [0.2, 0.25) is 0 Å². The molecule has 0 radical (unpaired) electrons. The molecule has 1 aromatic carbocycles. The van der Waals surface area contributed by atoms with Gasteiger partial charge in [-0.25, -0.2) is 4.39 Å². The Kier molecular flexibility index (Phi) is 3.62. The van der Waals surface area contributed by atoms with Gasteiger partial charge in [0, 0.05) is 13.1 Å². The van der Waals surface area contributed by atoms with Crippen molar-refractivity contribution in [3.8, 4) is 5.75 Å². The van der Waals surface area contributed by atoms with Crippen LogP contribution in [0, 0.1) is 5.82 Å². The second-order valence-electron chi connectivity index (χ2n) is 3.68. The first-order chi connectivity index (χ1) is 8.72. The lowest BCUT2D eigenvalue weighted by molar-refractivity contribution is 0.414. The molecule has 5 heteroatoms. The number of nitrogens with one attached hydrogen (secondary N) is 2. The van der Waals surface area contributed by atoms with Crippen LogP contribution in [0.1, 0.15) is 0 Å². The molecule has 0 aliphatic carbocycles. The first kappa shape index (κ1) is 12.2. The monoisotopic (exact) mass is 247 g/mol. The second-order valence-corrected chi connectivity index (χ2v) is 3.68. The summed E-state index contributed by atoms with van der Waals surface area (Å²) in [5.41, 5.74) is 1.90. The van der Waals surface area contributed by atoms with Gasteiger partial charge in [-0.05, 0) is 18.2 Å². The van der Waals surface area contributed by atoms with Crippen molar-refractivity contribution in [1.82, 2.24) is 4.98 Å². The van der Waals surface area contributed by atoms with Crippen molar-refractivity contribution in [2.45, 2.75) is 0 Å². The van der Waals surface area contributed by atoms with Crippen LogP contribution in [0.15, 0.2) is 36.7 Å². The van der Waals surface area contributed by atoms with Gasteiger partial charge in [0.05, 0.1) is 36.6 Å². The molecule has 0 fully saturated rings. The third kappa shape index (κ3) is 2.68. The number of rotatable bonds is 4. The van der Waals surface area contributed by atoms with Crippen LogP contribution in [0.2, 0.25) is 0 Å². The summed E-state index contributed by atoms with van der Waals surface area (Å²) in [6.07, 6.45) is 3.31. The molecule has 0 unspecified atom stereocenters. The fraction of sp³-hybridized carbons (Fsp3) is 0.154. The van der Waals surface area contributed by atoms with Gasteiger partial charge in [-0.2, -0.15) is 0 Å². The first-order valence-electron chi connectivity index (χ1n) is 5.46. The van der Waals surface area contributed by atoms with E-state index in [4.69, 9.17) is 4.74 Å². The van der Waals surface area contributed by atoms with Gasteiger partial charge in [0.25, 0.3) is 0 Å². The highest BCUT2D eigenvalue weighted by molar-refractivity contribution is 5.64. The van der Waals surface area contributed by atoms with Crippen LogP contribution >= 0.6 is 0 Å². The molecule has 0 amide bonds. The zero-order valence-corrected chi connectivity index (χ0v) is 10.2. The number of hydrogen-bond donors (Lipinski definition) is 2. The molecular formula is C13H14FN3O. The van der Waals surface area contributed by atoms with Crippen molar-refractivity contribution in [3.05, 3.63) is 42.5 Å². The molecule has 1 aromatic heterocycles. The Labute approximate surface area is 105 Å². The topological polar surface area (TPSA) is 46.2 Å². The second kappa shape index (κ2) is 5.35. The van der Waals surface area contributed by atoms with E-state index in [1.165, 1.54) is 6.07 Å². The highest BCUT2D eigenvalue weighted by Gasteiger charge is 2.05. The number of hydrogen-bond acceptors (Lipinski definition) is 4.